The minimum absolute atomic E-state index is 0.244. The van der Waals surface area contributed by atoms with Gasteiger partial charge in [-0.25, -0.2) is 0 Å². The molecule has 0 amide bonds. The molecule has 1 unspecified atom stereocenters. The summed E-state index contributed by atoms with van der Waals surface area (Å²) in [6.45, 7) is 0. The standard InChI is InChI=1S/C17H20O/c18-17(13-11-15-7-3-1-4-8-15)14-12-16-9-5-2-6-10-16/h1-5,7,9,12,14-15H,6,8,10-11,13H2/b14-12+. The summed E-state index contributed by atoms with van der Waals surface area (Å²) in [5, 5.41) is 0. The number of hydrogen-bond acceptors (Lipinski definition) is 1. The molecule has 0 fully saturated rings. The van der Waals surface area contributed by atoms with E-state index in [1.807, 2.05) is 6.08 Å². The molecular weight excluding hydrogens is 220 g/mol. The molecule has 2 rings (SSSR count). The van der Waals surface area contributed by atoms with Gasteiger partial charge in [-0.3, -0.25) is 4.79 Å². The lowest BCUT2D eigenvalue weighted by Crippen LogP contribution is -2.02. The lowest BCUT2D eigenvalue weighted by Gasteiger charge is -2.11. The van der Waals surface area contributed by atoms with Crippen LogP contribution in [0.5, 0.6) is 0 Å². The normalized spacial score (nSPS) is 22.4. The zero-order valence-corrected chi connectivity index (χ0v) is 10.7. The molecule has 0 saturated carbocycles. The highest BCUT2D eigenvalue weighted by molar-refractivity contribution is 5.90. The SMILES string of the molecule is O=C(/C=C/C1=CC=CCC1)CCC1C=CC=CC1. The van der Waals surface area contributed by atoms with Gasteiger partial charge in [0.25, 0.3) is 0 Å². The molecule has 0 aromatic heterocycles. The van der Waals surface area contributed by atoms with Crippen molar-refractivity contribution in [3.63, 3.8) is 0 Å². The van der Waals surface area contributed by atoms with Crippen LogP contribution >= 0.6 is 0 Å². The minimum Gasteiger partial charge on any atom is -0.295 e. The second-order valence-electron chi connectivity index (χ2n) is 4.86. The molecule has 0 aromatic rings. The van der Waals surface area contributed by atoms with Gasteiger partial charge in [0, 0.05) is 6.42 Å². The molecule has 0 heterocycles. The Morgan fingerprint density at radius 2 is 2.22 bits per heavy atom. The number of carbonyl (C=O) groups excluding carboxylic acids is 1. The van der Waals surface area contributed by atoms with Crippen LogP contribution in [0.2, 0.25) is 0 Å². The Hall–Kier alpha value is -1.63. The highest BCUT2D eigenvalue weighted by Gasteiger charge is 2.07. The van der Waals surface area contributed by atoms with E-state index >= 15 is 0 Å². The van der Waals surface area contributed by atoms with Gasteiger partial charge in [-0.05, 0) is 43.3 Å². The summed E-state index contributed by atoms with van der Waals surface area (Å²) in [6.07, 6.45) is 23.4. The van der Waals surface area contributed by atoms with Crippen molar-refractivity contribution in [1.82, 2.24) is 0 Å². The minimum atomic E-state index is 0.244. The van der Waals surface area contributed by atoms with Gasteiger partial charge in [0.1, 0.15) is 0 Å². The van der Waals surface area contributed by atoms with Crippen LogP contribution < -0.4 is 0 Å². The maximum atomic E-state index is 11.8. The van der Waals surface area contributed by atoms with Crippen molar-refractivity contribution in [3.05, 3.63) is 60.3 Å². The molecule has 2 aliphatic carbocycles. The monoisotopic (exact) mass is 240 g/mol. The molecule has 1 nitrogen and oxygen atoms in total. The number of hydrogen-bond donors (Lipinski definition) is 0. The Morgan fingerprint density at radius 3 is 2.94 bits per heavy atom. The molecule has 0 N–H and O–H groups in total. The first-order valence-electron chi connectivity index (χ1n) is 6.74. The molecule has 0 aromatic carbocycles. The van der Waals surface area contributed by atoms with Crippen molar-refractivity contribution in [3.8, 4) is 0 Å². The average Bonchev–Trinajstić information content (AvgIpc) is 2.45. The van der Waals surface area contributed by atoms with Crippen molar-refractivity contribution in [2.45, 2.75) is 32.1 Å². The van der Waals surface area contributed by atoms with E-state index in [-0.39, 0.29) is 5.78 Å². The first kappa shape index (κ1) is 12.8. The molecule has 1 atom stereocenters. The van der Waals surface area contributed by atoms with Gasteiger partial charge in [-0.2, -0.15) is 0 Å². The van der Waals surface area contributed by atoms with Gasteiger partial charge in [0.05, 0.1) is 0 Å². The Balaban J connectivity index is 1.73. The number of allylic oxidation sites excluding steroid dienone is 10. The van der Waals surface area contributed by atoms with Crippen molar-refractivity contribution < 1.29 is 4.79 Å². The molecule has 0 bridgehead atoms. The van der Waals surface area contributed by atoms with Crippen LogP contribution in [-0.2, 0) is 4.79 Å². The maximum Gasteiger partial charge on any atom is 0.155 e. The van der Waals surface area contributed by atoms with Crippen LogP contribution in [0, 0.1) is 5.92 Å². The van der Waals surface area contributed by atoms with Crippen LogP contribution in [0.25, 0.3) is 0 Å². The van der Waals surface area contributed by atoms with Crippen LogP contribution in [0.15, 0.2) is 60.3 Å². The first-order valence-corrected chi connectivity index (χ1v) is 6.74. The number of ketones is 1. The van der Waals surface area contributed by atoms with E-state index < -0.39 is 0 Å². The van der Waals surface area contributed by atoms with E-state index in [1.54, 1.807) is 6.08 Å². The summed E-state index contributed by atoms with van der Waals surface area (Å²) >= 11 is 0. The van der Waals surface area contributed by atoms with Crippen LogP contribution in [0.3, 0.4) is 0 Å². The Bertz CT molecular complexity index is 433. The molecule has 0 aliphatic heterocycles. The Kier molecular flexibility index (Phi) is 4.95. The molecule has 18 heavy (non-hydrogen) atoms. The lowest BCUT2D eigenvalue weighted by atomic mass is 9.94. The van der Waals surface area contributed by atoms with Crippen molar-refractivity contribution in [2.24, 2.45) is 5.92 Å². The molecule has 0 saturated heterocycles. The van der Waals surface area contributed by atoms with Crippen LogP contribution in [0.4, 0.5) is 0 Å². The fourth-order valence-electron chi connectivity index (χ4n) is 2.22. The van der Waals surface area contributed by atoms with Crippen molar-refractivity contribution >= 4 is 5.78 Å². The van der Waals surface area contributed by atoms with Crippen molar-refractivity contribution in [2.75, 3.05) is 0 Å². The predicted molar refractivity (Wildman–Crippen MR) is 76.2 cm³/mol. The third-order valence-electron chi connectivity index (χ3n) is 3.36. The van der Waals surface area contributed by atoms with E-state index in [9.17, 15) is 4.79 Å². The van der Waals surface area contributed by atoms with Crippen LogP contribution in [-0.4, -0.2) is 5.78 Å². The molecule has 94 valence electrons. The van der Waals surface area contributed by atoms with Gasteiger partial charge in [0.2, 0.25) is 0 Å². The zero-order valence-electron chi connectivity index (χ0n) is 10.7. The largest absolute Gasteiger partial charge is 0.295 e. The van der Waals surface area contributed by atoms with Crippen LogP contribution in [0.1, 0.15) is 32.1 Å². The maximum absolute atomic E-state index is 11.8. The third-order valence-corrected chi connectivity index (χ3v) is 3.36. The lowest BCUT2D eigenvalue weighted by molar-refractivity contribution is -0.114. The summed E-state index contributed by atoms with van der Waals surface area (Å²) in [7, 11) is 0. The van der Waals surface area contributed by atoms with Gasteiger partial charge in [0.15, 0.2) is 5.78 Å². The molecule has 1 heteroatoms. The summed E-state index contributed by atoms with van der Waals surface area (Å²) in [5.74, 6) is 0.789. The highest BCUT2D eigenvalue weighted by Crippen LogP contribution is 2.18. The first-order chi connectivity index (χ1) is 8.84. The molecule has 2 aliphatic rings. The third kappa shape index (κ3) is 4.33. The quantitative estimate of drug-likeness (QED) is 0.655. The van der Waals surface area contributed by atoms with E-state index in [4.69, 9.17) is 0 Å². The number of rotatable bonds is 5. The summed E-state index contributed by atoms with van der Waals surface area (Å²) in [5.41, 5.74) is 1.26. The molecule has 0 radical (unpaired) electrons. The van der Waals surface area contributed by atoms with Gasteiger partial charge in [-0.1, -0.05) is 48.6 Å². The van der Waals surface area contributed by atoms with E-state index in [2.05, 4.69) is 42.5 Å². The van der Waals surface area contributed by atoms with E-state index in [1.165, 1.54) is 5.57 Å². The zero-order chi connectivity index (χ0) is 12.6. The predicted octanol–water partition coefficient (Wildman–Crippen LogP) is 4.30. The summed E-state index contributed by atoms with van der Waals surface area (Å²) in [6, 6.07) is 0. The second kappa shape index (κ2) is 6.95. The topological polar surface area (TPSA) is 17.1 Å². The summed E-state index contributed by atoms with van der Waals surface area (Å²) in [4.78, 5) is 11.8. The summed E-state index contributed by atoms with van der Waals surface area (Å²) < 4.78 is 0. The fourth-order valence-corrected chi connectivity index (χ4v) is 2.22. The van der Waals surface area contributed by atoms with Gasteiger partial charge >= 0.3 is 0 Å². The van der Waals surface area contributed by atoms with Gasteiger partial charge < -0.3 is 0 Å². The molecule has 0 spiro atoms. The number of carbonyl (C=O) groups is 1. The van der Waals surface area contributed by atoms with E-state index in [0.717, 1.165) is 25.7 Å². The van der Waals surface area contributed by atoms with Crippen molar-refractivity contribution in [1.29, 1.82) is 0 Å². The Labute approximate surface area is 109 Å². The molecular formula is C17H20O. The smallest absolute Gasteiger partial charge is 0.155 e. The van der Waals surface area contributed by atoms with Gasteiger partial charge in [-0.15, -0.1) is 0 Å². The Morgan fingerprint density at radius 1 is 1.28 bits per heavy atom. The second-order valence-corrected chi connectivity index (χ2v) is 4.86. The van der Waals surface area contributed by atoms with E-state index in [0.29, 0.717) is 12.3 Å². The fraction of sp³-hybridized carbons (Fsp3) is 0.353. The average molecular weight is 240 g/mol. The highest BCUT2D eigenvalue weighted by atomic mass is 16.1.